The highest BCUT2D eigenvalue weighted by atomic mass is 19.4. The van der Waals surface area contributed by atoms with Gasteiger partial charge in [0.25, 0.3) is 0 Å². The maximum Gasteiger partial charge on any atom is 0.401 e. The van der Waals surface area contributed by atoms with Crippen LogP contribution < -0.4 is 5.73 Å². The summed E-state index contributed by atoms with van der Waals surface area (Å²) in [5.41, 5.74) is 5.15. The Morgan fingerprint density at radius 2 is 1.87 bits per heavy atom. The number of nitrogens with two attached hydrogens (primary N) is 1. The summed E-state index contributed by atoms with van der Waals surface area (Å²) in [6.45, 7) is 3.43. The van der Waals surface area contributed by atoms with Gasteiger partial charge in [0.15, 0.2) is 0 Å². The van der Waals surface area contributed by atoms with Gasteiger partial charge in [0.1, 0.15) is 0 Å². The van der Waals surface area contributed by atoms with Crippen LogP contribution in [0.15, 0.2) is 0 Å². The molecule has 15 heavy (non-hydrogen) atoms. The molecule has 90 valence electrons. The molecule has 0 aromatic carbocycles. The quantitative estimate of drug-likeness (QED) is 0.774. The Hall–Kier alpha value is -0.290. The lowest BCUT2D eigenvalue weighted by atomic mass is 9.93. The SMILES string of the molecule is CCN(CC(F)(F)F)C(C)(CN)C1CC1. The standard InChI is InChI=1S/C10H19F3N2/c1-3-15(7-10(11,12)13)9(2,6-14)8-4-5-8/h8H,3-7,14H2,1-2H3. The summed E-state index contributed by atoms with van der Waals surface area (Å²) in [5, 5.41) is 0. The molecule has 0 amide bonds. The van der Waals surface area contributed by atoms with Gasteiger partial charge < -0.3 is 5.73 Å². The summed E-state index contributed by atoms with van der Waals surface area (Å²) in [7, 11) is 0. The monoisotopic (exact) mass is 224 g/mol. The van der Waals surface area contributed by atoms with Crippen LogP contribution in [0.5, 0.6) is 0 Å². The van der Waals surface area contributed by atoms with Crippen LogP contribution in [-0.4, -0.2) is 36.2 Å². The minimum absolute atomic E-state index is 0.293. The average Bonchev–Trinajstić information content (AvgIpc) is 2.94. The number of halogens is 3. The topological polar surface area (TPSA) is 29.3 Å². The third-order valence-corrected chi connectivity index (χ3v) is 3.34. The number of alkyl halides is 3. The number of likely N-dealkylation sites (N-methyl/N-ethyl adjacent to an activating group) is 1. The third kappa shape index (κ3) is 3.08. The van der Waals surface area contributed by atoms with E-state index in [-0.39, 0.29) is 0 Å². The molecule has 5 heteroatoms. The summed E-state index contributed by atoms with van der Waals surface area (Å²) >= 11 is 0. The molecule has 1 fully saturated rings. The lowest BCUT2D eigenvalue weighted by molar-refractivity contribution is -0.158. The molecule has 1 aliphatic carbocycles. The predicted molar refractivity (Wildman–Crippen MR) is 53.5 cm³/mol. The molecule has 0 spiro atoms. The van der Waals surface area contributed by atoms with E-state index in [9.17, 15) is 13.2 Å². The molecule has 2 N–H and O–H groups in total. The van der Waals surface area contributed by atoms with Gasteiger partial charge in [-0.25, -0.2) is 0 Å². The fraction of sp³-hybridized carbons (Fsp3) is 1.00. The van der Waals surface area contributed by atoms with Crippen LogP contribution in [0.25, 0.3) is 0 Å². The summed E-state index contributed by atoms with van der Waals surface area (Å²) in [4.78, 5) is 1.46. The lowest BCUT2D eigenvalue weighted by Gasteiger charge is -2.41. The Bertz CT molecular complexity index is 213. The van der Waals surface area contributed by atoms with Crippen LogP contribution in [0.4, 0.5) is 13.2 Å². The number of nitrogens with zero attached hydrogens (tertiary/aromatic N) is 1. The minimum atomic E-state index is -4.14. The van der Waals surface area contributed by atoms with Crippen molar-refractivity contribution in [2.45, 2.75) is 38.4 Å². The first kappa shape index (κ1) is 12.8. The molecule has 0 heterocycles. The average molecular weight is 224 g/mol. The summed E-state index contributed by atoms with van der Waals surface area (Å²) < 4.78 is 37.1. The molecular formula is C10H19F3N2. The number of hydrogen-bond donors (Lipinski definition) is 1. The summed E-state index contributed by atoms with van der Waals surface area (Å²) in [6, 6.07) is 0. The molecule has 0 radical (unpaired) electrons. The minimum Gasteiger partial charge on any atom is -0.329 e. The maximum absolute atomic E-state index is 12.4. The van der Waals surface area contributed by atoms with Crippen LogP contribution in [0, 0.1) is 5.92 Å². The molecule has 0 aromatic rings. The Balaban J connectivity index is 2.70. The van der Waals surface area contributed by atoms with E-state index in [0.717, 1.165) is 12.8 Å². The Morgan fingerprint density at radius 3 is 2.13 bits per heavy atom. The molecule has 0 aliphatic heterocycles. The van der Waals surface area contributed by atoms with Crippen molar-refractivity contribution < 1.29 is 13.2 Å². The maximum atomic E-state index is 12.4. The van der Waals surface area contributed by atoms with Crippen LogP contribution in [0.1, 0.15) is 26.7 Å². The second-order valence-electron chi connectivity index (χ2n) is 4.46. The first-order valence-electron chi connectivity index (χ1n) is 5.35. The third-order valence-electron chi connectivity index (χ3n) is 3.34. The van der Waals surface area contributed by atoms with E-state index in [4.69, 9.17) is 5.73 Å². The molecule has 1 rings (SSSR count). The van der Waals surface area contributed by atoms with Crippen molar-refractivity contribution in [3.05, 3.63) is 0 Å². The Labute approximate surface area is 88.6 Å². The fourth-order valence-corrected chi connectivity index (χ4v) is 2.13. The zero-order valence-electron chi connectivity index (χ0n) is 9.27. The summed E-state index contributed by atoms with van der Waals surface area (Å²) in [5.74, 6) is 0.338. The predicted octanol–water partition coefficient (Wildman–Crippen LogP) is 2.00. The van der Waals surface area contributed by atoms with E-state index >= 15 is 0 Å². The van der Waals surface area contributed by atoms with Crippen molar-refractivity contribution >= 4 is 0 Å². The zero-order chi connectivity index (χ0) is 11.7. The van der Waals surface area contributed by atoms with E-state index in [0.29, 0.717) is 19.0 Å². The van der Waals surface area contributed by atoms with Gasteiger partial charge in [-0.05, 0) is 32.2 Å². The second-order valence-corrected chi connectivity index (χ2v) is 4.46. The van der Waals surface area contributed by atoms with Gasteiger partial charge in [-0.3, -0.25) is 4.90 Å². The van der Waals surface area contributed by atoms with E-state index in [2.05, 4.69) is 0 Å². The van der Waals surface area contributed by atoms with Gasteiger partial charge in [-0.2, -0.15) is 13.2 Å². The van der Waals surface area contributed by atoms with Gasteiger partial charge in [-0.15, -0.1) is 0 Å². The Morgan fingerprint density at radius 1 is 1.33 bits per heavy atom. The molecular weight excluding hydrogens is 205 g/mol. The van der Waals surface area contributed by atoms with Crippen molar-refractivity contribution in [3.63, 3.8) is 0 Å². The smallest absolute Gasteiger partial charge is 0.329 e. The van der Waals surface area contributed by atoms with Gasteiger partial charge in [0.05, 0.1) is 6.54 Å². The molecule has 0 bridgehead atoms. The van der Waals surface area contributed by atoms with Gasteiger partial charge in [0, 0.05) is 12.1 Å². The normalized spacial score (nSPS) is 21.8. The van der Waals surface area contributed by atoms with Gasteiger partial charge in [0.2, 0.25) is 0 Å². The lowest BCUT2D eigenvalue weighted by Crippen LogP contribution is -2.56. The van der Waals surface area contributed by atoms with Crippen LogP contribution in [0.2, 0.25) is 0 Å². The molecule has 0 aromatic heterocycles. The van der Waals surface area contributed by atoms with Crippen molar-refractivity contribution in [3.8, 4) is 0 Å². The first-order chi connectivity index (χ1) is 6.83. The number of rotatable bonds is 5. The Kier molecular flexibility index (Phi) is 3.66. The molecule has 1 unspecified atom stereocenters. The first-order valence-corrected chi connectivity index (χ1v) is 5.35. The highest BCUT2D eigenvalue weighted by Gasteiger charge is 2.47. The van der Waals surface area contributed by atoms with Crippen LogP contribution >= 0.6 is 0 Å². The van der Waals surface area contributed by atoms with Crippen molar-refractivity contribution in [2.75, 3.05) is 19.6 Å². The number of hydrogen-bond acceptors (Lipinski definition) is 2. The molecule has 1 saturated carbocycles. The van der Waals surface area contributed by atoms with Crippen LogP contribution in [-0.2, 0) is 0 Å². The van der Waals surface area contributed by atoms with Gasteiger partial charge >= 0.3 is 6.18 Å². The largest absolute Gasteiger partial charge is 0.401 e. The van der Waals surface area contributed by atoms with Crippen molar-refractivity contribution in [2.24, 2.45) is 11.7 Å². The second kappa shape index (κ2) is 4.29. The molecule has 1 atom stereocenters. The van der Waals surface area contributed by atoms with E-state index < -0.39 is 18.3 Å². The van der Waals surface area contributed by atoms with Crippen molar-refractivity contribution in [1.82, 2.24) is 4.90 Å². The van der Waals surface area contributed by atoms with Gasteiger partial charge in [-0.1, -0.05) is 6.92 Å². The zero-order valence-corrected chi connectivity index (χ0v) is 9.27. The van der Waals surface area contributed by atoms with E-state index in [1.54, 1.807) is 6.92 Å². The highest BCUT2D eigenvalue weighted by molar-refractivity contribution is 5.00. The van der Waals surface area contributed by atoms with E-state index in [1.807, 2.05) is 6.92 Å². The fourth-order valence-electron chi connectivity index (χ4n) is 2.13. The summed E-state index contributed by atoms with van der Waals surface area (Å²) in [6.07, 6.45) is -2.13. The molecule has 1 aliphatic rings. The van der Waals surface area contributed by atoms with E-state index in [1.165, 1.54) is 4.90 Å². The molecule has 0 saturated heterocycles. The molecule has 2 nitrogen and oxygen atoms in total. The van der Waals surface area contributed by atoms with Crippen LogP contribution in [0.3, 0.4) is 0 Å². The highest BCUT2D eigenvalue weighted by Crippen LogP contribution is 2.43. The van der Waals surface area contributed by atoms with Crippen molar-refractivity contribution in [1.29, 1.82) is 0 Å².